The van der Waals surface area contributed by atoms with Crippen LogP contribution in [0.3, 0.4) is 0 Å². The molecular formula is C13H12N2O4. The fourth-order valence-electron chi connectivity index (χ4n) is 1.50. The lowest BCUT2D eigenvalue weighted by atomic mass is 10.1. The number of aromatic nitrogens is 2. The van der Waals surface area contributed by atoms with Crippen molar-refractivity contribution in [3.05, 3.63) is 42.1 Å². The van der Waals surface area contributed by atoms with Crippen LogP contribution in [0.4, 0.5) is 0 Å². The zero-order valence-electron chi connectivity index (χ0n) is 10.2. The van der Waals surface area contributed by atoms with Gasteiger partial charge in [-0.25, -0.2) is 4.98 Å². The second kappa shape index (κ2) is 5.81. The highest BCUT2D eigenvalue weighted by Gasteiger charge is 2.09. The molecule has 1 aromatic heterocycles. The third-order valence-corrected chi connectivity index (χ3v) is 2.33. The zero-order chi connectivity index (χ0) is 13.7. The average Bonchev–Trinajstić information content (AvgIpc) is 2.41. The standard InChI is InChI=1S/C13H12N2O4/c1-18-11-6-7-14-13(15-11)19-10-5-3-2-4-9(10)8-12(16)17/h2-7H,8H2,1H3,(H,16,17). The molecule has 6 nitrogen and oxygen atoms in total. The maximum atomic E-state index is 10.8. The second-order valence-electron chi connectivity index (χ2n) is 3.66. The summed E-state index contributed by atoms with van der Waals surface area (Å²) in [6, 6.07) is 8.55. The van der Waals surface area contributed by atoms with Gasteiger partial charge in [0.1, 0.15) is 5.75 Å². The lowest BCUT2D eigenvalue weighted by Gasteiger charge is -2.08. The molecule has 0 saturated heterocycles. The number of aliphatic carboxylic acids is 1. The highest BCUT2D eigenvalue weighted by atomic mass is 16.5. The summed E-state index contributed by atoms with van der Waals surface area (Å²) in [6.07, 6.45) is 1.38. The number of rotatable bonds is 5. The van der Waals surface area contributed by atoms with Gasteiger partial charge in [0.05, 0.1) is 13.5 Å². The Bertz CT molecular complexity index is 586. The van der Waals surface area contributed by atoms with E-state index in [2.05, 4.69) is 9.97 Å². The minimum atomic E-state index is -0.928. The number of methoxy groups -OCH3 is 1. The van der Waals surface area contributed by atoms with Crippen molar-refractivity contribution in [2.45, 2.75) is 6.42 Å². The molecule has 0 radical (unpaired) electrons. The van der Waals surface area contributed by atoms with Gasteiger partial charge in [-0.2, -0.15) is 4.98 Å². The highest BCUT2D eigenvalue weighted by molar-refractivity contribution is 5.71. The highest BCUT2D eigenvalue weighted by Crippen LogP contribution is 2.24. The average molecular weight is 260 g/mol. The van der Waals surface area contributed by atoms with Gasteiger partial charge < -0.3 is 14.6 Å². The van der Waals surface area contributed by atoms with E-state index in [1.54, 1.807) is 30.3 Å². The predicted octanol–water partition coefficient (Wildman–Crippen LogP) is 1.90. The number of carboxylic acid groups (broad SMARTS) is 1. The van der Waals surface area contributed by atoms with Crippen LogP contribution in [0.2, 0.25) is 0 Å². The van der Waals surface area contributed by atoms with Crippen LogP contribution in [0.5, 0.6) is 17.6 Å². The number of carbonyl (C=O) groups is 1. The summed E-state index contributed by atoms with van der Waals surface area (Å²) < 4.78 is 10.4. The Morgan fingerprint density at radius 2 is 2.11 bits per heavy atom. The smallest absolute Gasteiger partial charge is 0.325 e. The Morgan fingerprint density at radius 3 is 2.84 bits per heavy atom. The molecule has 0 atom stereocenters. The van der Waals surface area contributed by atoms with Crippen LogP contribution in [0, 0.1) is 0 Å². The summed E-state index contributed by atoms with van der Waals surface area (Å²) in [5, 5.41) is 8.83. The van der Waals surface area contributed by atoms with E-state index in [0.29, 0.717) is 17.2 Å². The van der Waals surface area contributed by atoms with Crippen LogP contribution in [-0.4, -0.2) is 28.2 Å². The third-order valence-electron chi connectivity index (χ3n) is 2.33. The summed E-state index contributed by atoms with van der Waals surface area (Å²) in [5.74, 6) is -0.138. The number of ether oxygens (including phenoxy) is 2. The van der Waals surface area contributed by atoms with Crippen molar-refractivity contribution < 1.29 is 19.4 Å². The topological polar surface area (TPSA) is 81.5 Å². The summed E-state index contributed by atoms with van der Waals surface area (Å²) in [4.78, 5) is 18.7. The van der Waals surface area contributed by atoms with Crippen molar-refractivity contribution in [1.29, 1.82) is 0 Å². The van der Waals surface area contributed by atoms with Gasteiger partial charge in [0.25, 0.3) is 0 Å². The number of nitrogens with zero attached hydrogens (tertiary/aromatic N) is 2. The van der Waals surface area contributed by atoms with Gasteiger partial charge in [-0.05, 0) is 6.07 Å². The Morgan fingerprint density at radius 1 is 1.32 bits per heavy atom. The zero-order valence-corrected chi connectivity index (χ0v) is 10.2. The maximum Gasteiger partial charge on any atom is 0.325 e. The van der Waals surface area contributed by atoms with Crippen molar-refractivity contribution in [2.75, 3.05) is 7.11 Å². The van der Waals surface area contributed by atoms with E-state index in [-0.39, 0.29) is 12.4 Å². The van der Waals surface area contributed by atoms with Gasteiger partial charge >= 0.3 is 12.0 Å². The molecule has 0 spiro atoms. The first kappa shape index (κ1) is 12.8. The first-order valence-electron chi connectivity index (χ1n) is 5.53. The molecule has 0 bridgehead atoms. The summed E-state index contributed by atoms with van der Waals surface area (Å²) in [5.41, 5.74) is 0.557. The Kier molecular flexibility index (Phi) is 3.92. The van der Waals surface area contributed by atoms with E-state index >= 15 is 0 Å². The fraction of sp³-hybridized carbons (Fsp3) is 0.154. The summed E-state index contributed by atoms with van der Waals surface area (Å²) >= 11 is 0. The molecule has 1 heterocycles. The second-order valence-corrected chi connectivity index (χ2v) is 3.66. The van der Waals surface area contributed by atoms with Crippen LogP contribution < -0.4 is 9.47 Å². The maximum absolute atomic E-state index is 10.8. The van der Waals surface area contributed by atoms with Crippen LogP contribution in [0.1, 0.15) is 5.56 Å². The predicted molar refractivity (Wildman–Crippen MR) is 66.4 cm³/mol. The number of para-hydroxylation sites is 1. The molecule has 0 fully saturated rings. The fourth-order valence-corrected chi connectivity index (χ4v) is 1.50. The minimum Gasteiger partial charge on any atom is -0.481 e. The van der Waals surface area contributed by atoms with Crippen LogP contribution >= 0.6 is 0 Å². The summed E-state index contributed by atoms with van der Waals surface area (Å²) in [7, 11) is 1.49. The van der Waals surface area contributed by atoms with E-state index in [0.717, 1.165) is 0 Å². The molecule has 0 aliphatic carbocycles. The largest absolute Gasteiger partial charge is 0.481 e. The van der Waals surface area contributed by atoms with Crippen molar-refractivity contribution in [3.63, 3.8) is 0 Å². The molecule has 0 amide bonds. The van der Waals surface area contributed by atoms with Crippen LogP contribution in [-0.2, 0) is 11.2 Å². The van der Waals surface area contributed by atoms with Gasteiger partial charge in [0.2, 0.25) is 5.88 Å². The first-order valence-corrected chi connectivity index (χ1v) is 5.53. The van der Waals surface area contributed by atoms with Gasteiger partial charge in [-0.3, -0.25) is 4.79 Å². The van der Waals surface area contributed by atoms with E-state index in [9.17, 15) is 4.79 Å². The molecule has 0 aliphatic rings. The quantitative estimate of drug-likeness (QED) is 0.884. The SMILES string of the molecule is COc1ccnc(Oc2ccccc2CC(=O)O)n1. The summed E-state index contributed by atoms with van der Waals surface area (Å²) in [6.45, 7) is 0. The normalized spacial score (nSPS) is 9.95. The van der Waals surface area contributed by atoms with Crippen LogP contribution in [0.15, 0.2) is 36.5 Å². The van der Waals surface area contributed by atoms with Crippen molar-refractivity contribution >= 4 is 5.97 Å². The van der Waals surface area contributed by atoms with Gasteiger partial charge in [0.15, 0.2) is 0 Å². The molecule has 0 unspecified atom stereocenters. The molecule has 19 heavy (non-hydrogen) atoms. The van der Waals surface area contributed by atoms with E-state index in [4.69, 9.17) is 14.6 Å². The van der Waals surface area contributed by atoms with E-state index in [1.165, 1.54) is 13.3 Å². The van der Waals surface area contributed by atoms with Crippen LogP contribution in [0.25, 0.3) is 0 Å². The Labute approximate surface area is 109 Å². The molecule has 6 heteroatoms. The Hall–Kier alpha value is -2.63. The van der Waals surface area contributed by atoms with E-state index < -0.39 is 5.97 Å². The number of hydrogen-bond acceptors (Lipinski definition) is 5. The monoisotopic (exact) mass is 260 g/mol. The number of carboxylic acids is 1. The lowest BCUT2D eigenvalue weighted by Crippen LogP contribution is -2.03. The van der Waals surface area contributed by atoms with E-state index in [1.807, 2.05) is 0 Å². The molecule has 98 valence electrons. The molecule has 2 aromatic rings. The molecule has 2 rings (SSSR count). The van der Waals surface area contributed by atoms with Crippen molar-refractivity contribution in [2.24, 2.45) is 0 Å². The molecule has 0 saturated carbocycles. The van der Waals surface area contributed by atoms with Gasteiger partial charge in [-0.1, -0.05) is 18.2 Å². The molecule has 1 aromatic carbocycles. The van der Waals surface area contributed by atoms with Crippen molar-refractivity contribution in [1.82, 2.24) is 9.97 Å². The number of benzene rings is 1. The molecule has 0 aliphatic heterocycles. The minimum absolute atomic E-state index is 0.109. The number of hydrogen-bond donors (Lipinski definition) is 1. The lowest BCUT2D eigenvalue weighted by molar-refractivity contribution is -0.136. The molecular weight excluding hydrogens is 248 g/mol. The first-order chi connectivity index (χ1) is 9.19. The Balaban J connectivity index is 2.24. The van der Waals surface area contributed by atoms with Gasteiger partial charge in [-0.15, -0.1) is 0 Å². The third kappa shape index (κ3) is 3.41. The van der Waals surface area contributed by atoms with Gasteiger partial charge in [0, 0.05) is 17.8 Å². The van der Waals surface area contributed by atoms with Crippen molar-refractivity contribution in [3.8, 4) is 17.6 Å². The molecule has 1 N–H and O–H groups in total.